The Morgan fingerprint density at radius 2 is 1.78 bits per heavy atom. The van der Waals surface area contributed by atoms with Crippen molar-refractivity contribution in [2.24, 2.45) is 7.05 Å². The monoisotopic (exact) mass is 329 g/mol. The molecule has 0 radical (unpaired) electrons. The van der Waals surface area contributed by atoms with Gasteiger partial charge >= 0.3 is 0 Å². The van der Waals surface area contributed by atoms with Crippen molar-refractivity contribution < 1.29 is 8.42 Å². The van der Waals surface area contributed by atoms with Crippen LogP contribution in [0.2, 0.25) is 0 Å². The molecule has 0 bridgehead atoms. The van der Waals surface area contributed by atoms with Crippen molar-refractivity contribution in [3.05, 3.63) is 59.4 Å². The van der Waals surface area contributed by atoms with Crippen molar-refractivity contribution in [2.45, 2.75) is 25.3 Å². The van der Waals surface area contributed by atoms with Crippen molar-refractivity contribution in [1.29, 1.82) is 0 Å². The number of aryl methyl sites for hydroxylation is 3. The quantitative estimate of drug-likeness (QED) is 0.800. The molecular weight excluding hydrogens is 310 g/mol. The number of fused-ring (bicyclic) bond motifs is 1. The van der Waals surface area contributed by atoms with Gasteiger partial charge < -0.3 is 4.57 Å². The predicted molar refractivity (Wildman–Crippen MR) is 90.7 cm³/mol. The van der Waals surface area contributed by atoms with E-state index in [2.05, 4.69) is 9.71 Å². The molecule has 0 saturated carbocycles. The smallest absolute Gasteiger partial charge is 0.240 e. The highest BCUT2D eigenvalue weighted by atomic mass is 32.2. The molecule has 23 heavy (non-hydrogen) atoms. The van der Waals surface area contributed by atoms with Gasteiger partial charge in [-0.1, -0.05) is 29.8 Å². The van der Waals surface area contributed by atoms with E-state index in [1.54, 1.807) is 18.2 Å². The van der Waals surface area contributed by atoms with Gasteiger partial charge in [-0.05, 0) is 37.6 Å². The minimum absolute atomic E-state index is 0.232. The van der Waals surface area contributed by atoms with Gasteiger partial charge in [-0.2, -0.15) is 0 Å². The topological polar surface area (TPSA) is 64.0 Å². The summed E-state index contributed by atoms with van der Waals surface area (Å²) >= 11 is 0. The Labute approximate surface area is 136 Å². The number of benzene rings is 2. The lowest BCUT2D eigenvalue weighted by Crippen LogP contribution is -2.23. The Hall–Kier alpha value is -2.18. The summed E-state index contributed by atoms with van der Waals surface area (Å²) in [7, 11) is -1.65. The largest absolute Gasteiger partial charge is 0.331 e. The van der Waals surface area contributed by atoms with Gasteiger partial charge in [0.1, 0.15) is 5.82 Å². The zero-order valence-corrected chi connectivity index (χ0v) is 14.2. The van der Waals surface area contributed by atoms with Gasteiger partial charge in [0.05, 0.1) is 15.9 Å². The lowest BCUT2D eigenvalue weighted by Gasteiger charge is -2.07. The van der Waals surface area contributed by atoms with Crippen LogP contribution in [0, 0.1) is 13.8 Å². The van der Waals surface area contributed by atoms with Gasteiger partial charge in [-0.15, -0.1) is 0 Å². The molecule has 120 valence electrons. The second kappa shape index (κ2) is 5.79. The predicted octanol–water partition coefficient (Wildman–Crippen LogP) is 2.67. The fraction of sp³-hybridized carbons (Fsp3) is 0.235. The molecular formula is C17H19N3O2S. The van der Waals surface area contributed by atoms with Crippen LogP contribution in [0.5, 0.6) is 0 Å². The summed E-state index contributed by atoms with van der Waals surface area (Å²) in [4.78, 5) is 4.62. The standard InChI is InChI=1S/C17H19N3O2S/c1-12-4-6-14(7-5-12)11-18-23(21,22)15-8-9-17-16(10-15)19-13(2)20(17)3/h4-10,18H,11H2,1-3H3. The van der Waals surface area contributed by atoms with E-state index in [1.807, 2.05) is 49.7 Å². The Kier molecular flexibility index (Phi) is 3.95. The first-order valence-electron chi connectivity index (χ1n) is 7.35. The molecule has 1 aromatic heterocycles. The maximum atomic E-state index is 12.5. The number of sulfonamides is 1. The summed E-state index contributed by atoms with van der Waals surface area (Å²) in [5.41, 5.74) is 3.67. The number of aromatic nitrogens is 2. The average molecular weight is 329 g/mol. The Balaban J connectivity index is 1.85. The fourth-order valence-corrected chi connectivity index (χ4v) is 3.47. The maximum Gasteiger partial charge on any atom is 0.240 e. The molecule has 1 heterocycles. The molecule has 0 atom stereocenters. The highest BCUT2D eigenvalue weighted by molar-refractivity contribution is 7.89. The van der Waals surface area contributed by atoms with Crippen molar-refractivity contribution >= 4 is 21.1 Å². The molecule has 0 aliphatic heterocycles. The Bertz CT molecular complexity index is 957. The fourth-order valence-electron chi connectivity index (χ4n) is 2.43. The molecule has 1 N–H and O–H groups in total. The van der Waals surface area contributed by atoms with E-state index in [-0.39, 0.29) is 11.4 Å². The van der Waals surface area contributed by atoms with E-state index < -0.39 is 10.0 Å². The van der Waals surface area contributed by atoms with Gasteiger partial charge in [0.15, 0.2) is 0 Å². The summed E-state index contributed by atoms with van der Waals surface area (Å²) in [5.74, 6) is 0.849. The number of nitrogens with zero attached hydrogens (tertiary/aromatic N) is 2. The normalized spacial score (nSPS) is 12.0. The number of hydrogen-bond acceptors (Lipinski definition) is 3. The van der Waals surface area contributed by atoms with Gasteiger partial charge in [-0.25, -0.2) is 18.1 Å². The van der Waals surface area contributed by atoms with Crippen molar-refractivity contribution in [3.63, 3.8) is 0 Å². The molecule has 2 aromatic carbocycles. The first-order chi connectivity index (χ1) is 10.9. The molecule has 0 aliphatic rings. The van der Waals surface area contributed by atoms with E-state index in [1.165, 1.54) is 0 Å². The first-order valence-corrected chi connectivity index (χ1v) is 8.83. The molecule has 3 aromatic rings. The molecule has 0 unspecified atom stereocenters. The van der Waals surface area contributed by atoms with E-state index in [0.717, 1.165) is 22.5 Å². The van der Waals surface area contributed by atoms with Crippen molar-refractivity contribution in [2.75, 3.05) is 0 Å². The van der Waals surface area contributed by atoms with Crippen LogP contribution in [-0.2, 0) is 23.6 Å². The number of rotatable bonds is 4. The van der Waals surface area contributed by atoms with Crippen LogP contribution in [0.4, 0.5) is 0 Å². The zero-order chi connectivity index (χ0) is 16.6. The molecule has 0 fully saturated rings. The number of imidazole rings is 1. The molecule has 0 aliphatic carbocycles. The second-order valence-corrected chi connectivity index (χ2v) is 7.45. The molecule has 0 amide bonds. The summed E-state index contributed by atoms with van der Waals surface area (Å²) in [6, 6.07) is 12.8. The van der Waals surface area contributed by atoms with Crippen molar-refractivity contribution in [3.8, 4) is 0 Å². The van der Waals surface area contributed by atoms with Crippen LogP contribution >= 0.6 is 0 Å². The summed E-state index contributed by atoms with van der Waals surface area (Å²) < 4.78 is 29.5. The zero-order valence-electron chi connectivity index (χ0n) is 13.4. The van der Waals surface area contributed by atoms with Gasteiger partial charge in [0.25, 0.3) is 0 Å². The molecule has 0 spiro atoms. The number of nitrogens with one attached hydrogen (secondary N) is 1. The highest BCUT2D eigenvalue weighted by Crippen LogP contribution is 2.19. The molecule has 3 rings (SSSR count). The van der Waals surface area contributed by atoms with Gasteiger partial charge in [-0.3, -0.25) is 0 Å². The van der Waals surface area contributed by atoms with Crippen molar-refractivity contribution in [1.82, 2.24) is 14.3 Å². The Morgan fingerprint density at radius 3 is 2.48 bits per heavy atom. The van der Waals surface area contributed by atoms with Crippen LogP contribution in [0.1, 0.15) is 17.0 Å². The van der Waals surface area contributed by atoms with Gasteiger partial charge in [0, 0.05) is 13.6 Å². The molecule has 5 nitrogen and oxygen atoms in total. The molecule has 0 saturated heterocycles. The third kappa shape index (κ3) is 3.13. The van der Waals surface area contributed by atoms with E-state index in [0.29, 0.717) is 5.52 Å². The minimum Gasteiger partial charge on any atom is -0.331 e. The van der Waals surface area contributed by atoms with Crippen LogP contribution in [0.15, 0.2) is 47.4 Å². The van der Waals surface area contributed by atoms with Gasteiger partial charge in [0.2, 0.25) is 10.0 Å². The first kappa shape index (κ1) is 15.7. The van der Waals surface area contributed by atoms with E-state index in [9.17, 15) is 8.42 Å². The second-order valence-electron chi connectivity index (χ2n) is 5.68. The minimum atomic E-state index is -3.56. The summed E-state index contributed by atoms with van der Waals surface area (Å²) in [6.07, 6.45) is 0. The van der Waals surface area contributed by atoms with E-state index >= 15 is 0 Å². The van der Waals surface area contributed by atoms with Crippen LogP contribution in [0.25, 0.3) is 11.0 Å². The highest BCUT2D eigenvalue weighted by Gasteiger charge is 2.16. The third-order valence-corrected chi connectivity index (χ3v) is 5.37. The Morgan fingerprint density at radius 1 is 1.09 bits per heavy atom. The summed E-state index contributed by atoms with van der Waals surface area (Å²) in [6.45, 7) is 4.16. The molecule has 6 heteroatoms. The summed E-state index contributed by atoms with van der Waals surface area (Å²) in [5, 5.41) is 0. The van der Waals surface area contributed by atoms with Crippen LogP contribution in [-0.4, -0.2) is 18.0 Å². The SMILES string of the molecule is Cc1ccc(CNS(=O)(=O)c2ccc3c(c2)nc(C)n3C)cc1. The lowest BCUT2D eigenvalue weighted by molar-refractivity contribution is 0.581. The van der Waals surface area contributed by atoms with E-state index in [4.69, 9.17) is 0 Å². The average Bonchev–Trinajstić information content (AvgIpc) is 2.81. The maximum absolute atomic E-state index is 12.5. The third-order valence-electron chi connectivity index (χ3n) is 3.97. The van der Waals surface area contributed by atoms with Crippen LogP contribution in [0.3, 0.4) is 0 Å². The lowest BCUT2D eigenvalue weighted by atomic mass is 10.2. The van der Waals surface area contributed by atoms with Crippen LogP contribution < -0.4 is 4.72 Å². The number of hydrogen-bond donors (Lipinski definition) is 1.